The highest BCUT2D eigenvalue weighted by molar-refractivity contribution is 7.88. The van der Waals surface area contributed by atoms with E-state index in [-0.39, 0.29) is 11.8 Å². The summed E-state index contributed by atoms with van der Waals surface area (Å²) < 4.78 is 24.3. The Hall–Kier alpha value is -1.19. The van der Waals surface area contributed by atoms with Crippen molar-refractivity contribution in [3.05, 3.63) is 11.1 Å². The molecule has 0 aliphatic carbocycles. The van der Waals surface area contributed by atoms with E-state index in [0.717, 1.165) is 10.8 Å². The molecule has 0 radical (unpaired) electrons. The summed E-state index contributed by atoms with van der Waals surface area (Å²) in [6.07, 6.45) is 3.08. The third-order valence-corrected chi connectivity index (χ3v) is 5.95. The van der Waals surface area contributed by atoms with E-state index < -0.39 is 10.0 Å². The number of anilines is 1. The molecule has 0 atom stereocenters. The Labute approximate surface area is 135 Å². The van der Waals surface area contributed by atoms with Gasteiger partial charge in [-0.2, -0.15) is 0 Å². The van der Waals surface area contributed by atoms with Crippen LogP contribution >= 0.6 is 11.3 Å². The van der Waals surface area contributed by atoms with E-state index in [1.807, 2.05) is 12.4 Å². The molecular formula is C13H22N4O3S2. The third-order valence-electron chi connectivity index (χ3n) is 3.74. The van der Waals surface area contributed by atoms with Crippen molar-refractivity contribution in [2.75, 3.05) is 38.3 Å². The maximum absolute atomic E-state index is 12.1. The van der Waals surface area contributed by atoms with Gasteiger partial charge in [0.2, 0.25) is 15.9 Å². The van der Waals surface area contributed by atoms with Crippen LogP contribution in [0.25, 0.3) is 0 Å². The number of carbonyl (C=O) groups excluding carboxylic acids is 1. The van der Waals surface area contributed by atoms with Gasteiger partial charge >= 0.3 is 0 Å². The van der Waals surface area contributed by atoms with Gasteiger partial charge in [-0.1, -0.05) is 0 Å². The molecule has 1 aliphatic heterocycles. The van der Waals surface area contributed by atoms with E-state index in [2.05, 4.69) is 15.6 Å². The molecule has 0 spiro atoms. The minimum absolute atomic E-state index is 0.0113. The van der Waals surface area contributed by atoms with E-state index >= 15 is 0 Å². The fourth-order valence-corrected chi connectivity index (χ4v) is 4.02. The summed E-state index contributed by atoms with van der Waals surface area (Å²) in [6.45, 7) is 1.40. The number of piperidine rings is 1. The number of rotatable bonds is 6. The summed E-state index contributed by atoms with van der Waals surface area (Å²) >= 11 is 1.54. The second-order valence-electron chi connectivity index (χ2n) is 5.37. The summed E-state index contributed by atoms with van der Waals surface area (Å²) in [5.41, 5.74) is 0.960. The summed E-state index contributed by atoms with van der Waals surface area (Å²) in [5.74, 6) is -0.0847. The van der Waals surface area contributed by atoms with Crippen molar-refractivity contribution in [3.8, 4) is 0 Å². The van der Waals surface area contributed by atoms with E-state index in [9.17, 15) is 13.2 Å². The van der Waals surface area contributed by atoms with Gasteiger partial charge in [0, 0.05) is 44.4 Å². The average Bonchev–Trinajstić information content (AvgIpc) is 2.94. The third kappa shape index (κ3) is 4.65. The highest BCUT2D eigenvalue weighted by Gasteiger charge is 2.28. The maximum atomic E-state index is 12.1. The van der Waals surface area contributed by atoms with Crippen LogP contribution in [0.15, 0.2) is 5.38 Å². The van der Waals surface area contributed by atoms with Crippen LogP contribution in [-0.2, 0) is 21.2 Å². The zero-order valence-electron chi connectivity index (χ0n) is 12.8. The molecular weight excluding hydrogens is 324 g/mol. The number of sulfonamides is 1. The lowest BCUT2D eigenvalue weighted by Crippen LogP contribution is -2.42. The smallest absolute Gasteiger partial charge is 0.223 e. The molecule has 1 aromatic rings. The van der Waals surface area contributed by atoms with Crippen molar-refractivity contribution in [1.82, 2.24) is 14.6 Å². The zero-order valence-corrected chi connectivity index (χ0v) is 14.5. The summed E-state index contributed by atoms with van der Waals surface area (Å²) in [6, 6.07) is 0. The lowest BCUT2D eigenvalue weighted by molar-refractivity contribution is -0.126. The maximum Gasteiger partial charge on any atom is 0.223 e. The van der Waals surface area contributed by atoms with Crippen LogP contribution in [0.2, 0.25) is 0 Å². The first-order valence-corrected chi connectivity index (χ1v) is 9.98. The van der Waals surface area contributed by atoms with E-state index in [1.54, 1.807) is 11.3 Å². The van der Waals surface area contributed by atoms with Crippen LogP contribution in [0.1, 0.15) is 18.5 Å². The van der Waals surface area contributed by atoms with Crippen molar-refractivity contribution >= 4 is 32.4 Å². The SMILES string of the molecule is CNc1nc(CCNC(=O)C2CCN(S(C)(=O)=O)CC2)cs1. The van der Waals surface area contributed by atoms with Gasteiger partial charge in [0.25, 0.3) is 0 Å². The molecule has 0 bridgehead atoms. The topological polar surface area (TPSA) is 91.4 Å². The lowest BCUT2D eigenvalue weighted by atomic mass is 9.97. The molecule has 2 rings (SSSR count). The van der Waals surface area contributed by atoms with Crippen LogP contribution < -0.4 is 10.6 Å². The van der Waals surface area contributed by atoms with Gasteiger partial charge in [0.15, 0.2) is 5.13 Å². The van der Waals surface area contributed by atoms with Crippen LogP contribution in [0.5, 0.6) is 0 Å². The Morgan fingerprint density at radius 3 is 2.68 bits per heavy atom. The first kappa shape index (κ1) is 17.2. The predicted molar refractivity (Wildman–Crippen MR) is 87.5 cm³/mol. The Kier molecular flexibility index (Phi) is 5.76. The molecule has 124 valence electrons. The van der Waals surface area contributed by atoms with Crippen LogP contribution in [0, 0.1) is 5.92 Å². The van der Waals surface area contributed by atoms with Crippen LogP contribution in [0.4, 0.5) is 5.13 Å². The first-order chi connectivity index (χ1) is 10.4. The second kappa shape index (κ2) is 7.38. The van der Waals surface area contributed by atoms with E-state index in [1.165, 1.54) is 10.6 Å². The number of aromatic nitrogens is 1. The van der Waals surface area contributed by atoms with Crippen molar-refractivity contribution < 1.29 is 13.2 Å². The number of nitrogens with one attached hydrogen (secondary N) is 2. The predicted octanol–water partition coefficient (Wildman–Crippen LogP) is 0.515. The highest BCUT2D eigenvalue weighted by atomic mass is 32.2. The molecule has 22 heavy (non-hydrogen) atoms. The minimum atomic E-state index is -3.14. The minimum Gasteiger partial charge on any atom is -0.365 e. The molecule has 2 N–H and O–H groups in total. The molecule has 7 nitrogen and oxygen atoms in total. The number of hydrogen-bond donors (Lipinski definition) is 2. The van der Waals surface area contributed by atoms with Gasteiger partial charge in [0.05, 0.1) is 11.9 Å². The molecule has 1 saturated heterocycles. The van der Waals surface area contributed by atoms with Gasteiger partial charge < -0.3 is 10.6 Å². The Balaban J connectivity index is 1.72. The molecule has 1 fully saturated rings. The first-order valence-electron chi connectivity index (χ1n) is 7.25. The molecule has 1 aromatic heterocycles. The highest BCUT2D eigenvalue weighted by Crippen LogP contribution is 2.19. The van der Waals surface area contributed by atoms with Crippen LogP contribution in [0.3, 0.4) is 0 Å². The number of hydrogen-bond acceptors (Lipinski definition) is 6. The van der Waals surface area contributed by atoms with Crippen molar-refractivity contribution in [3.63, 3.8) is 0 Å². The summed E-state index contributed by atoms with van der Waals surface area (Å²) in [5, 5.41) is 8.74. The monoisotopic (exact) mass is 346 g/mol. The number of carbonyl (C=O) groups is 1. The molecule has 0 unspecified atom stereocenters. The second-order valence-corrected chi connectivity index (χ2v) is 8.21. The average molecular weight is 346 g/mol. The quantitative estimate of drug-likeness (QED) is 0.783. The lowest BCUT2D eigenvalue weighted by Gasteiger charge is -2.29. The largest absolute Gasteiger partial charge is 0.365 e. The van der Waals surface area contributed by atoms with Crippen molar-refractivity contribution in [2.45, 2.75) is 19.3 Å². The Morgan fingerprint density at radius 2 is 2.14 bits per heavy atom. The van der Waals surface area contributed by atoms with Gasteiger partial charge in [-0.15, -0.1) is 11.3 Å². The molecule has 2 heterocycles. The van der Waals surface area contributed by atoms with Gasteiger partial charge in [0.1, 0.15) is 0 Å². The zero-order chi connectivity index (χ0) is 16.2. The normalized spacial score (nSPS) is 17.4. The molecule has 9 heteroatoms. The number of nitrogens with zero attached hydrogens (tertiary/aromatic N) is 2. The van der Waals surface area contributed by atoms with Crippen molar-refractivity contribution in [1.29, 1.82) is 0 Å². The number of amides is 1. The molecule has 0 aromatic carbocycles. The fourth-order valence-electron chi connectivity index (χ4n) is 2.44. The Morgan fingerprint density at radius 1 is 1.45 bits per heavy atom. The van der Waals surface area contributed by atoms with Gasteiger partial charge in [-0.05, 0) is 12.8 Å². The Bertz CT molecular complexity index is 607. The summed E-state index contributed by atoms with van der Waals surface area (Å²) in [7, 11) is -1.31. The summed E-state index contributed by atoms with van der Waals surface area (Å²) in [4.78, 5) is 16.5. The number of thiazole rings is 1. The molecule has 1 aliphatic rings. The molecule has 0 saturated carbocycles. The molecule has 1 amide bonds. The van der Waals surface area contributed by atoms with Crippen LogP contribution in [-0.4, -0.2) is 56.6 Å². The van der Waals surface area contributed by atoms with E-state index in [0.29, 0.717) is 38.9 Å². The van der Waals surface area contributed by atoms with Gasteiger partial charge in [-0.25, -0.2) is 17.7 Å². The van der Waals surface area contributed by atoms with Crippen molar-refractivity contribution in [2.24, 2.45) is 5.92 Å². The standard InChI is InChI=1S/C13H22N4O3S2/c1-14-13-16-11(9-21-13)3-6-15-12(18)10-4-7-17(8-5-10)22(2,19)20/h9-10H,3-8H2,1-2H3,(H,14,16)(H,15,18). The van der Waals surface area contributed by atoms with Gasteiger partial charge in [-0.3, -0.25) is 4.79 Å². The fraction of sp³-hybridized carbons (Fsp3) is 0.692. The van der Waals surface area contributed by atoms with E-state index in [4.69, 9.17) is 0 Å².